The normalized spacial score (nSPS) is 10.5. The fourth-order valence-electron chi connectivity index (χ4n) is 0.821. The van der Waals surface area contributed by atoms with Gasteiger partial charge in [0.2, 0.25) is 0 Å². The van der Waals surface area contributed by atoms with E-state index >= 15 is 0 Å². The molecule has 0 aliphatic carbocycles. The number of oxime groups is 1. The maximum Gasteiger partial charge on any atom is 0.166 e. The molecule has 0 atom stereocenters. The molecule has 0 amide bonds. The molecule has 0 saturated carbocycles. The Balaban J connectivity index is 2.83. The van der Waals surface area contributed by atoms with Crippen molar-refractivity contribution in [2.45, 2.75) is 6.92 Å². The molecule has 0 saturated heterocycles. The van der Waals surface area contributed by atoms with Crippen molar-refractivity contribution < 1.29 is 15.1 Å². The van der Waals surface area contributed by atoms with E-state index in [1.165, 1.54) is 12.3 Å². The third kappa shape index (κ3) is 2.37. The first-order chi connectivity index (χ1) is 6.25. The van der Waals surface area contributed by atoms with E-state index in [-0.39, 0.29) is 11.5 Å². The average Bonchev–Trinajstić information content (AvgIpc) is 2.13. The number of phenols is 2. The predicted octanol–water partition coefficient (Wildman–Crippen LogP) is 1.47. The van der Waals surface area contributed by atoms with Gasteiger partial charge < -0.3 is 15.1 Å². The standard InChI is InChI=1S/C9H11NO3/c1-2-13-10-6-7-4-3-5-8(11)9(7)12/h3-6,11-12H,2H2,1H3/b10-6+. The first kappa shape index (κ1) is 9.38. The van der Waals surface area contributed by atoms with Crippen molar-refractivity contribution in [1.29, 1.82) is 0 Å². The molecule has 0 aliphatic rings. The highest BCUT2D eigenvalue weighted by atomic mass is 16.6. The van der Waals surface area contributed by atoms with Crippen molar-refractivity contribution in [2.24, 2.45) is 5.16 Å². The van der Waals surface area contributed by atoms with Crippen LogP contribution >= 0.6 is 0 Å². The quantitative estimate of drug-likeness (QED) is 0.421. The van der Waals surface area contributed by atoms with Crippen LogP contribution in [-0.4, -0.2) is 23.0 Å². The molecule has 0 heterocycles. The van der Waals surface area contributed by atoms with Gasteiger partial charge in [-0.2, -0.15) is 0 Å². The van der Waals surface area contributed by atoms with E-state index in [1.54, 1.807) is 19.1 Å². The van der Waals surface area contributed by atoms with Gasteiger partial charge >= 0.3 is 0 Å². The molecule has 0 aromatic heterocycles. The van der Waals surface area contributed by atoms with Crippen LogP contribution in [0.4, 0.5) is 0 Å². The minimum atomic E-state index is -0.189. The van der Waals surface area contributed by atoms with Crippen LogP contribution in [-0.2, 0) is 4.84 Å². The number of aromatic hydroxyl groups is 2. The summed E-state index contributed by atoms with van der Waals surface area (Å²) < 4.78 is 0. The zero-order valence-electron chi connectivity index (χ0n) is 7.27. The fraction of sp³-hybridized carbons (Fsp3) is 0.222. The van der Waals surface area contributed by atoms with Crippen LogP contribution in [0, 0.1) is 0 Å². The number of benzene rings is 1. The number of rotatable bonds is 3. The van der Waals surface area contributed by atoms with Crippen molar-refractivity contribution >= 4 is 6.21 Å². The van der Waals surface area contributed by atoms with Crippen molar-refractivity contribution in [3.05, 3.63) is 23.8 Å². The molecule has 0 bridgehead atoms. The van der Waals surface area contributed by atoms with Crippen molar-refractivity contribution in [3.8, 4) is 11.5 Å². The molecule has 0 unspecified atom stereocenters. The summed E-state index contributed by atoms with van der Waals surface area (Å²) in [4.78, 5) is 4.71. The monoisotopic (exact) mass is 181 g/mol. The number of hydrogen-bond donors (Lipinski definition) is 2. The zero-order chi connectivity index (χ0) is 9.68. The Bertz CT molecular complexity index is 310. The Morgan fingerprint density at radius 2 is 2.23 bits per heavy atom. The summed E-state index contributed by atoms with van der Waals surface area (Å²) in [7, 11) is 0. The second kappa shape index (κ2) is 4.35. The van der Waals surface area contributed by atoms with Gasteiger partial charge in [0, 0.05) is 5.56 Å². The average molecular weight is 181 g/mol. The van der Waals surface area contributed by atoms with Gasteiger partial charge in [-0.3, -0.25) is 0 Å². The van der Waals surface area contributed by atoms with Gasteiger partial charge in [-0.05, 0) is 19.1 Å². The van der Waals surface area contributed by atoms with Gasteiger partial charge in [0.15, 0.2) is 11.5 Å². The minimum Gasteiger partial charge on any atom is -0.504 e. The Kier molecular flexibility index (Phi) is 3.14. The largest absolute Gasteiger partial charge is 0.504 e. The second-order valence-corrected chi connectivity index (χ2v) is 2.37. The van der Waals surface area contributed by atoms with E-state index < -0.39 is 0 Å². The molecule has 1 aromatic carbocycles. The summed E-state index contributed by atoms with van der Waals surface area (Å²) in [5.41, 5.74) is 0.424. The first-order valence-electron chi connectivity index (χ1n) is 3.92. The van der Waals surface area contributed by atoms with Crippen LogP contribution in [0.3, 0.4) is 0 Å². The summed E-state index contributed by atoms with van der Waals surface area (Å²) in [5.74, 6) is -0.355. The van der Waals surface area contributed by atoms with Crippen molar-refractivity contribution in [3.63, 3.8) is 0 Å². The van der Waals surface area contributed by atoms with E-state index in [0.29, 0.717) is 12.2 Å². The second-order valence-electron chi connectivity index (χ2n) is 2.37. The number of para-hydroxylation sites is 1. The van der Waals surface area contributed by atoms with Crippen LogP contribution < -0.4 is 0 Å². The van der Waals surface area contributed by atoms with Crippen molar-refractivity contribution in [1.82, 2.24) is 0 Å². The van der Waals surface area contributed by atoms with Gasteiger partial charge in [0.05, 0.1) is 6.21 Å². The topological polar surface area (TPSA) is 62.0 Å². The van der Waals surface area contributed by atoms with Crippen LogP contribution in [0.1, 0.15) is 12.5 Å². The van der Waals surface area contributed by atoms with Gasteiger partial charge in [-0.1, -0.05) is 11.2 Å². The highest BCUT2D eigenvalue weighted by molar-refractivity contribution is 5.84. The van der Waals surface area contributed by atoms with Gasteiger partial charge in [0.25, 0.3) is 0 Å². The maximum absolute atomic E-state index is 9.30. The van der Waals surface area contributed by atoms with Crippen LogP contribution in [0.25, 0.3) is 0 Å². The molecule has 2 N–H and O–H groups in total. The lowest BCUT2D eigenvalue weighted by Gasteiger charge is -1.99. The predicted molar refractivity (Wildman–Crippen MR) is 49.0 cm³/mol. The lowest BCUT2D eigenvalue weighted by atomic mass is 10.2. The molecule has 0 aliphatic heterocycles. The molecule has 4 heteroatoms. The minimum absolute atomic E-state index is 0.166. The summed E-state index contributed by atoms with van der Waals surface area (Å²) in [6.45, 7) is 2.27. The molecule has 13 heavy (non-hydrogen) atoms. The molecule has 4 nitrogen and oxygen atoms in total. The molecule has 0 radical (unpaired) electrons. The molecule has 0 spiro atoms. The van der Waals surface area contributed by atoms with E-state index in [9.17, 15) is 5.11 Å². The first-order valence-corrected chi connectivity index (χ1v) is 3.92. The lowest BCUT2D eigenvalue weighted by molar-refractivity contribution is 0.160. The van der Waals surface area contributed by atoms with E-state index in [4.69, 9.17) is 9.94 Å². The highest BCUT2D eigenvalue weighted by Crippen LogP contribution is 2.26. The number of nitrogens with zero attached hydrogens (tertiary/aromatic N) is 1. The SMILES string of the molecule is CCO/N=C/c1cccc(O)c1O. The Morgan fingerprint density at radius 1 is 1.46 bits per heavy atom. The fourth-order valence-corrected chi connectivity index (χ4v) is 0.821. The highest BCUT2D eigenvalue weighted by Gasteiger charge is 2.02. The lowest BCUT2D eigenvalue weighted by Crippen LogP contribution is -1.85. The Hall–Kier alpha value is -1.71. The van der Waals surface area contributed by atoms with Gasteiger partial charge in [0.1, 0.15) is 6.61 Å². The van der Waals surface area contributed by atoms with E-state index in [1.807, 2.05) is 0 Å². The van der Waals surface area contributed by atoms with E-state index in [0.717, 1.165) is 0 Å². The summed E-state index contributed by atoms with van der Waals surface area (Å²) >= 11 is 0. The third-order valence-electron chi connectivity index (χ3n) is 1.44. The summed E-state index contributed by atoms with van der Waals surface area (Å²) in [6.07, 6.45) is 1.35. The zero-order valence-corrected chi connectivity index (χ0v) is 7.27. The van der Waals surface area contributed by atoms with Crippen LogP contribution in [0.5, 0.6) is 11.5 Å². The molecule has 1 aromatic rings. The summed E-state index contributed by atoms with van der Waals surface area (Å²) in [6, 6.07) is 4.63. The smallest absolute Gasteiger partial charge is 0.166 e. The van der Waals surface area contributed by atoms with Crippen LogP contribution in [0.15, 0.2) is 23.4 Å². The molecule has 1 rings (SSSR count). The van der Waals surface area contributed by atoms with Gasteiger partial charge in [-0.15, -0.1) is 0 Å². The molecular formula is C9H11NO3. The molecular weight excluding hydrogens is 170 g/mol. The van der Waals surface area contributed by atoms with Gasteiger partial charge in [-0.25, -0.2) is 0 Å². The van der Waals surface area contributed by atoms with E-state index in [2.05, 4.69) is 5.16 Å². The molecule has 0 fully saturated rings. The van der Waals surface area contributed by atoms with Crippen LogP contribution in [0.2, 0.25) is 0 Å². The summed E-state index contributed by atoms with van der Waals surface area (Å²) in [5, 5.41) is 22.0. The van der Waals surface area contributed by atoms with Crippen molar-refractivity contribution in [2.75, 3.05) is 6.61 Å². The maximum atomic E-state index is 9.30. The molecule has 70 valence electrons. The third-order valence-corrected chi connectivity index (χ3v) is 1.44. The number of phenolic OH excluding ortho intramolecular Hbond substituents is 2. The Labute approximate surface area is 76.1 Å². The Morgan fingerprint density at radius 3 is 2.92 bits per heavy atom. The number of hydrogen-bond acceptors (Lipinski definition) is 4.